The van der Waals surface area contributed by atoms with Crippen LogP contribution in [0.15, 0.2) is 12.5 Å². The van der Waals surface area contributed by atoms with Crippen LogP contribution < -0.4 is 5.32 Å². The molecule has 0 saturated heterocycles. The molecule has 0 aromatic carbocycles. The second kappa shape index (κ2) is 6.85. The molecule has 0 spiro atoms. The quantitative estimate of drug-likeness (QED) is 0.916. The smallest absolute Gasteiger partial charge is 0.255 e. The maximum Gasteiger partial charge on any atom is 0.255 e. The molecule has 7 nitrogen and oxygen atoms in total. The van der Waals surface area contributed by atoms with E-state index in [0.29, 0.717) is 11.3 Å². The predicted molar refractivity (Wildman–Crippen MR) is 87.1 cm³/mol. The molecule has 0 aliphatic carbocycles. The molecule has 0 aliphatic rings. The fraction of sp³-hybridized carbons (Fsp3) is 0.562. The molecule has 0 radical (unpaired) electrons. The van der Waals surface area contributed by atoms with Crippen molar-refractivity contribution >= 4 is 5.91 Å². The summed E-state index contributed by atoms with van der Waals surface area (Å²) in [5.41, 5.74) is 1.16. The van der Waals surface area contributed by atoms with Crippen LogP contribution >= 0.6 is 0 Å². The molecule has 124 valence electrons. The monoisotopic (exact) mass is 316 g/mol. The van der Waals surface area contributed by atoms with Gasteiger partial charge in [0.2, 0.25) is 0 Å². The Morgan fingerprint density at radius 1 is 1.22 bits per heavy atom. The van der Waals surface area contributed by atoms with E-state index in [1.54, 1.807) is 12.5 Å². The largest absolute Gasteiger partial charge is 0.342 e. The van der Waals surface area contributed by atoms with Gasteiger partial charge in [-0.25, -0.2) is 9.97 Å². The number of carbonyl (C=O) groups is 1. The highest BCUT2D eigenvalue weighted by atomic mass is 16.1. The number of aromatic nitrogens is 5. The van der Waals surface area contributed by atoms with Crippen molar-refractivity contribution < 1.29 is 4.79 Å². The Morgan fingerprint density at radius 3 is 2.48 bits per heavy atom. The van der Waals surface area contributed by atoms with Crippen molar-refractivity contribution in [2.75, 3.05) is 0 Å². The molecule has 0 aliphatic heterocycles. The molecule has 7 heteroatoms. The van der Waals surface area contributed by atoms with Gasteiger partial charge in [0.25, 0.3) is 5.91 Å². The van der Waals surface area contributed by atoms with E-state index in [4.69, 9.17) is 0 Å². The number of rotatable bonds is 5. The maximum absolute atomic E-state index is 12.5. The van der Waals surface area contributed by atoms with E-state index < -0.39 is 0 Å². The lowest BCUT2D eigenvalue weighted by molar-refractivity contribution is 0.0935. The summed E-state index contributed by atoms with van der Waals surface area (Å²) in [7, 11) is 0. The molecular weight excluding hydrogens is 292 g/mol. The van der Waals surface area contributed by atoms with Gasteiger partial charge in [-0.05, 0) is 27.7 Å². The average molecular weight is 316 g/mol. The normalized spacial score (nSPS) is 12.7. The molecule has 2 heterocycles. The Labute approximate surface area is 136 Å². The van der Waals surface area contributed by atoms with Crippen LogP contribution in [0.4, 0.5) is 0 Å². The molecule has 1 N–H and O–H groups in total. The van der Waals surface area contributed by atoms with Crippen LogP contribution in [-0.2, 0) is 0 Å². The van der Waals surface area contributed by atoms with Crippen LogP contribution in [0.3, 0.4) is 0 Å². The highest BCUT2D eigenvalue weighted by molar-refractivity contribution is 5.95. The van der Waals surface area contributed by atoms with Gasteiger partial charge < -0.3 is 9.88 Å². The number of aryl methyl sites for hydroxylation is 1. The number of hydrogen-bond acceptors (Lipinski definition) is 5. The average Bonchev–Trinajstić information content (AvgIpc) is 2.96. The van der Waals surface area contributed by atoms with Crippen molar-refractivity contribution in [2.24, 2.45) is 0 Å². The minimum Gasteiger partial charge on any atom is -0.342 e. The van der Waals surface area contributed by atoms with Crippen LogP contribution in [-0.4, -0.2) is 30.6 Å². The van der Waals surface area contributed by atoms with Crippen molar-refractivity contribution in [2.45, 2.75) is 59.5 Å². The molecule has 1 amide bonds. The molecule has 1 atom stereocenters. The van der Waals surface area contributed by atoms with Gasteiger partial charge in [0.1, 0.15) is 12.2 Å². The first-order valence-electron chi connectivity index (χ1n) is 7.85. The van der Waals surface area contributed by atoms with Crippen LogP contribution in [0, 0.1) is 6.92 Å². The Balaban J connectivity index is 2.17. The van der Waals surface area contributed by atoms with Crippen LogP contribution in [0.25, 0.3) is 0 Å². The van der Waals surface area contributed by atoms with Crippen LogP contribution in [0.1, 0.15) is 80.3 Å². The number of hydrogen-bond donors (Lipinski definition) is 1. The summed E-state index contributed by atoms with van der Waals surface area (Å²) in [4.78, 5) is 21.2. The van der Waals surface area contributed by atoms with Gasteiger partial charge >= 0.3 is 0 Å². The minimum absolute atomic E-state index is 0.205. The van der Waals surface area contributed by atoms with E-state index in [1.807, 2.05) is 46.1 Å². The zero-order valence-electron chi connectivity index (χ0n) is 14.5. The topological polar surface area (TPSA) is 85.6 Å². The van der Waals surface area contributed by atoms with Gasteiger partial charge in [0.05, 0.1) is 17.3 Å². The van der Waals surface area contributed by atoms with Gasteiger partial charge in [-0.3, -0.25) is 4.79 Å². The van der Waals surface area contributed by atoms with Crippen molar-refractivity contribution in [1.82, 2.24) is 30.0 Å². The zero-order valence-corrected chi connectivity index (χ0v) is 14.5. The van der Waals surface area contributed by atoms with Crippen molar-refractivity contribution in [3.05, 3.63) is 35.4 Å². The maximum atomic E-state index is 12.5. The molecule has 0 unspecified atom stereocenters. The van der Waals surface area contributed by atoms with E-state index in [2.05, 4.69) is 25.5 Å². The number of nitrogens with zero attached hydrogens (tertiary/aromatic N) is 5. The van der Waals surface area contributed by atoms with Gasteiger partial charge in [-0.15, -0.1) is 10.2 Å². The summed E-state index contributed by atoms with van der Waals surface area (Å²) in [6, 6.07) is -0.0219. The predicted octanol–water partition coefficient (Wildman–Crippen LogP) is 2.57. The second-order valence-corrected chi connectivity index (χ2v) is 6.27. The van der Waals surface area contributed by atoms with Gasteiger partial charge in [0, 0.05) is 18.2 Å². The lowest BCUT2D eigenvalue weighted by atomic mass is 10.1. The summed E-state index contributed by atoms with van der Waals surface area (Å²) in [5, 5.41) is 11.0. The first-order valence-corrected chi connectivity index (χ1v) is 7.85. The van der Waals surface area contributed by atoms with Gasteiger partial charge in [-0.1, -0.05) is 13.8 Å². The number of nitrogens with one attached hydrogen (secondary N) is 1. The summed E-state index contributed by atoms with van der Waals surface area (Å²) in [6.45, 7) is 11.8. The fourth-order valence-electron chi connectivity index (χ4n) is 2.28. The Morgan fingerprint density at radius 2 is 1.91 bits per heavy atom. The first kappa shape index (κ1) is 17.1. The van der Waals surface area contributed by atoms with Crippen LogP contribution in [0.5, 0.6) is 0 Å². The fourth-order valence-corrected chi connectivity index (χ4v) is 2.28. The lowest BCUT2D eigenvalue weighted by Gasteiger charge is -2.17. The molecule has 0 saturated carbocycles. The molecule has 23 heavy (non-hydrogen) atoms. The van der Waals surface area contributed by atoms with Crippen LogP contribution in [0.2, 0.25) is 0 Å². The van der Waals surface area contributed by atoms with Gasteiger partial charge in [-0.2, -0.15) is 0 Å². The Bertz CT molecular complexity index is 692. The first-order chi connectivity index (χ1) is 10.8. The van der Waals surface area contributed by atoms with Gasteiger partial charge in [0.15, 0.2) is 5.82 Å². The number of carbonyl (C=O) groups excluding carboxylic acids is 1. The molecular formula is C16H24N6O. The third kappa shape index (κ3) is 3.72. The minimum atomic E-state index is -0.253. The van der Waals surface area contributed by atoms with Crippen molar-refractivity contribution in [3.63, 3.8) is 0 Å². The third-order valence-corrected chi connectivity index (χ3v) is 3.65. The Hall–Kier alpha value is -2.31. The summed E-state index contributed by atoms with van der Waals surface area (Å²) < 4.78 is 1.94. The molecule has 2 aromatic heterocycles. The summed E-state index contributed by atoms with van der Waals surface area (Å²) in [5.74, 6) is 1.50. The highest BCUT2D eigenvalue weighted by Gasteiger charge is 2.20. The summed E-state index contributed by atoms with van der Waals surface area (Å²) >= 11 is 0. The van der Waals surface area contributed by atoms with E-state index in [9.17, 15) is 4.79 Å². The second-order valence-electron chi connectivity index (χ2n) is 6.27. The van der Waals surface area contributed by atoms with Crippen molar-refractivity contribution in [1.29, 1.82) is 0 Å². The standard InChI is InChI=1S/C16H24N6O/c1-9(2)14-17-7-13(11(5)19-14)16(23)20-12(6)15-21-18-8-22(15)10(3)4/h7-10,12H,1-6H3,(H,20,23)/t12-/m1/s1. The lowest BCUT2D eigenvalue weighted by Crippen LogP contribution is -2.30. The van der Waals surface area contributed by atoms with E-state index in [1.165, 1.54) is 0 Å². The SMILES string of the molecule is Cc1nc(C(C)C)ncc1C(=O)N[C@H](C)c1nncn1C(C)C. The molecule has 2 aromatic rings. The van der Waals surface area contributed by atoms with E-state index in [-0.39, 0.29) is 23.9 Å². The Kier molecular flexibility index (Phi) is 5.08. The van der Waals surface area contributed by atoms with Crippen molar-refractivity contribution in [3.8, 4) is 0 Å². The summed E-state index contributed by atoms with van der Waals surface area (Å²) in [6.07, 6.45) is 3.27. The van der Waals surface area contributed by atoms with E-state index >= 15 is 0 Å². The zero-order chi connectivity index (χ0) is 17.1. The number of amides is 1. The van der Waals surface area contributed by atoms with E-state index in [0.717, 1.165) is 11.6 Å². The molecule has 2 rings (SSSR count). The highest BCUT2D eigenvalue weighted by Crippen LogP contribution is 2.16. The molecule has 0 fully saturated rings. The third-order valence-electron chi connectivity index (χ3n) is 3.65. The molecule has 0 bridgehead atoms.